The molecule has 0 spiro atoms. The largest absolute Gasteiger partial charge is 0.457 e. The van der Waals surface area contributed by atoms with Gasteiger partial charge >= 0.3 is 0 Å². The number of hydrogen-bond acceptors (Lipinski definition) is 2. The Kier molecular flexibility index (Phi) is 4.86. The third-order valence-electron chi connectivity index (χ3n) is 3.35. The number of amidine groups is 1. The highest BCUT2D eigenvalue weighted by molar-refractivity contribution is 6.34. The average molecular weight is 303 g/mol. The van der Waals surface area contributed by atoms with Crippen molar-refractivity contribution < 1.29 is 4.74 Å². The molecule has 1 N–H and O–H groups in total. The van der Waals surface area contributed by atoms with Gasteiger partial charge in [-0.05, 0) is 37.6 Å². The molecule has 0 saturated heterocycles. The Balaban J connectivity index is 2.31. The monoisotopic (exact) mass is 302 g/mol. The first-order valence-corrected chi connectivity index (χ1v) is 7.23. The van der Waals surface area contributed by atoms with Crippen LogP contribution in [-0.4, -0.2) is 24.3 Å². The molecule has 2 aromatic rings. The summed E-state index contributed by atoms with van der Waals surface area (Å²) in [4.78, 5) is 1.85. The van der Waals surface area contributed by atoms with Gasteiger partial charge in [-0.25, -0.2) is 0 Å². The number of nitrogens with zero attached hydrogens (tertiary/aromatic N) is 1. The van der Waals surface area contributed by atoms with Crippen LogP contribution in [0.3, 0.4) is 0 Å². The number of halogens is 1. The van der Waals surface area contributed by atoms with Gasteiger partial charge in [0.1, 0.15) is 17.3 Å². The highest BCUT2D eigenvalue weighted by atomic mass is 35.5. The summed E-state index contributed by atoms with van der Waals surface area (Å²) in [5, 5.41) is 8.69. The molecule has 2 rings (SSSR count). The lowest BCUT2D eigenvalue weighted by atomic mass is 10.1. The number of benzene rings is 2. The first-order valence-electron chi connectivity index (χ1n) is 6.86. The number of aryl methyl sites for hydroxylation is 1. The second-order valence-corrected chi connectivity index (χ2v) is 5.28. The van der Waals surface area contributed by atoms with Crippen LogP contribution in [0.2, 0.25) is 5.02 Å². The van der Waals surface area contributed by atoms with Crippen molar-refractivity contribution in [1.82, 2.24) is 4.90 Å². The zero-order chi connectivity index (χ0) is 15.4. The molecule has 2 aromatic carbocycles. The van der Waals surface area contributed by atoms with Gasteiger partial charge < -0.3 is 9.64 Å². The molecule has 21 heavy (non-hydrogen) atoms. The minimum Gasteiger partial charge on any atom is -0.457 e. The Morgan fingerprint density at radius 2 is 1.90 bits per heavy atom. The summed E-state index contributed by atoms with van der Waals surface area (Å²) in [6.45, 7) is 4.72. The molecular formula is C17H19ClN2O. The molecule has 110 valence electrons. The first-order chi connectivity index (χ1) is 10.0. The predicted molar refractivity (Wildman–Crippen MR) is 87.8 cm³/mol. The summed E-state index contributed by atoms with van der Waals surface area (Å²) in [6.07, 6.45) is 0. The highest BCUT2D eigenvalue weighted by Crippen LogP contribution is 2.31. The van der Waals surface area contributed by atoms with Crippen LogP contribution in [0.5, 0.6) is 11.5 Å². The number of rotatable bonds is 4. The Morgan fingerprint density at radius 1 is 1.24 bits per heavy atom. The third-order valence-corrected chi connectivity index (χ3v) is 3.66. The van der Waals surface area contributed by atoms with E-state index in [4.69, 9.17) is 21.7 Å². The molecule has 0 heterocycles. The maximum absolute atomic E-state index is 8.17. The predicted octanol–water partition coefficient (Wildman–Crippen LogP) is 4.72. The molecule has 4 heteroatoms. The SMILES string of the molecule is CCN(C)C(=N)c1cc(C)c(Oc2ccccc2)cc1Cl. The average Bonchev–Trinajstić information content (AvgIpc) is 2.50. The molecule has 0 radical (unpaired) electrons. The highest BCUT2D eigenvalue weighted by Gasteiger charge is 2.14. The number of para-hydroxylation sites is 1. The standard InChI is InChI=1S/C17H19ClN2O/c1-4-20(3)17(19)14-10-12(2)16(11-15(14)18)21-13-8-6-5-7-9-13/h5-11,19H,4H2,1-3H3. The minimum absolute atomic E-state index is 0.414. The lowest BCUT2D eigenvalue weighted by Crippen LogP contribution is -2.26. The van der Waals surface area contributed by atoms with Crippen molar-refractivity contribution in [2.24, 2.45) is 0 Å². The van der Waals surface area contributed by atoms with Gasteiger partial charge in [-0.2, -0.15) is 0 Å². The second kappa shape index (κ2) is 6.64. The number of nitrogens with one attached hydrogen (secondary N) is 1. The summed E-state index contributed by atoms with van der Waals surface area (Å²) in [5.74, 6) is 1.89. The van der Waals surface area contributed by atoms with Crippen LogP contribution in [0, 0.1) is 12.3 Å². The van der Waals surface area contributed by atoms with E-state index >= 15 is 0 Å². The van der Waals surface area contributed by atoms with E-state index in [2.05, 4.69) is 0 Å². The Labute approximate surface area is 130 Å². The van der Waals surface area contributed by atoms with Crippen molar-refractivity contribution in [1.29, 1.82) is 5.41 Å². The topological polar surface area (TPSA) is 36.3 Å². The molecule has 0 aliphatic heterocycles. The van der Waals surface area contributed by atoms with Crippen LogP contribution in [0.4, 0.5) is 0 Å². The fourth-order valence-corrected chi connectivity index (χ4v) is 2.18. The lowest BCUT2D eigenvalue weighted by Gasteiger charge is -2.20. The molecule has 0 aliphatic rings. The van der Waals surface area contributed by atoms with E-state index in [1.165, 1.54) is 0 Å². The van der Waals surface area contributed by atoms with Gasteiger partial charge in [0, 0.05) is 25.2 Å². The molecule has 0 unspecified atom stereocenters. The van der Waals surface area contributed by atoms with Crippen LogP contribution in [-0.2, 0) is 0 Å². The number of hydrogen-bond donors (Lipinski definition) is 1. The van der Waals surface area contributed by atoms with Crippen LogP contribution < -0.4 is 4.74 Å². The zero-order valence-corrected chi connectivity index (χ0v) is 13.2. The molecule has 0 bridgehead atoms. The molecule has 0 saturated carbocycles. The van der Waals surface area contributed by atoms with Crippen molar-refractivity contribution in [2.75, 3.05) is 13.6 Å². The van der Waals surface area contributed by atoms with E-state index in [9.17, 15) is 0 Å². The van der Waals surface area contributed by atoms with E-state index in [0.717, 1.165) is 23.4 Å². The van der Waals surface area contributed by atoms with E-state index in [0.29, 0.717) is 16.6 Å². The molecule has 0 aromatic heterocycles. The maximum atomic E-state index is 8.17. The van der Waals surface area contributed by atoms with Gasteiger partial charge in [-0.3, -0.25) is 5.41 Å². The van der Waals surface area contributed by atoms with Crippen LogP contribution >= 0.6 is 11.6 Å². The smallest absolute Gasteiger partial charge is 0.131 e. The van der Waals surface area contributed by atoms with Crippen molar-refractivity contribution in [2.45, 2.75) is 13.8 Å². The Hall–Kier alpha value is -2.00. The summed E-state index contributed by atoms with van der Waals surface area (Å²) < 4.78 is 5.84. The van der Waals surface area contributed by atoms with Crippen molar-refractivity contribution in [3.8, 4) is 11.5 Å². The summed E-state index contributed by atoms with van der Waals surface area (Å²) >= 11 is 6.32. The van der Waals surface area contributed by atoms with E-state index in [1.54, 1.807) is 6.07 Å². The van der Waals surface area contributed by atoms with Gasteiger partial charge in [-0.1, -0.05) is 29.8 Å². The van der Waals surface area contributed by atoms with E-state index < -0.39 is 0 Å². The molecular weight excluding hydrogens is 284 g/mol. The molecule has 0 atom stereocenters. The van der Waals surface area contributed by atoms with Gasteiger partial charge in [-0.15, -0.1) is 0 Å². The Bertz CT molecular complexity index is 641. The summed E-state index contributed by atoms with van der Waals surface area (Å²) in [6, 6.07) is 13.3. The molecule has 3 nitrogen and oxygen atoms in total. The quantitative estimate of drug-likeness (QED) is 0.655. The van der Waals surface area contributed by atoms with Crippen molar-refractivity contribution in [3.05, 3.63) is 58.6 Å². The fraction of sp³-hybridized carbons (Fsp3) is 0.235. The lowest BCUT2D eigenvalue weighted by molar-refractivity contribution is 0.478. The summed E-state index contributed by atoms with van der Waals surface area (Å²) in [7, 11) is 1.88. The number of ether oxygens (including phenoxy) is 1. The fourth-order valence-electron chi connectivity index (χ4n) is 1.93. The van der Waals surface area contributed by atoms with Crippen LogP contribution in [0.1, 0.15) is 18.1 Å². The van der Waals surface area contributed by atoms with Crippen molar-refractivity contribution in [3.63, 3.8) is 0 Å². The molecule has 0 aliphatic carbocycles. The van der Waals surface area contributed by atoms with Gasteiger partial charge in [0.25, 0.3) is 0 Å². The van der Waals surface area contributed by atoms with Crippen molar-refractivity contribution >= 4 is 17.4 Å². The second-order valence-electron chi connectivity index (χ2n) is 4.88. The van der Waals surface area contributed by atoms with Crippen LogP contribution in [0.15, 0.2) is 42.5 Å². The normalized spacial score (nSPS) is 10.3. The Morgan fingerprint density at radius 3 is 2.52 bits per heavy atom. The van der Waals surface area contributed by atoms with Gasteiger partial charge in [0.2, 0.25) is 0 Å². The molecule has 0 fully saturated rings. The molecule has 0 amide bonds. The first kappa shape index (κ1) is 15.4. The minimum atomic E-state index is 0.414. The van der Waals surface area contributed by atoms with E-state index in [1.807, 2.05) is 62.2 Å². The van der Waals surface area contributed by atoms with Crippen LogP contribution in [0.25, 0.3) is 0 Å². The maximum Gasteiger partial charge on any atom is 0.131 e. The van der Waals surface area contributed by atoms with E-state index in [-0.39, 0.29) is 0 Å². The third kappa shape index (κ3) is 3.56. The zero-order valence-electron chi connectivity index (χ0n) is 12.5. The van der Waals surface area contributed by atoms with Gasteiger partial charge in [0.05, 0.1) is 5.02 Å². The van der Waals surface area contributed by atoms with Gasteiger partial charge in [0.15, 0.2) is 0 Å². The summed E-state index contributed by atoms with van der Waals surface area (Å²) in [5.41, 5.74) is 1.67.